The second kappa shape index (κ2) is 15.3. The first-order valence-corrected chi connectivity index (χ1v) is 20.8. The molecular formula is C39H54ClN3O6S. The summed E-state index contributed by atoms with van der Waals surface area (Å²) in [4.78, 5) is 18.4. The van der Waals surface area contributed by atoms with E-state index in [9.17, 15) is 13.2 Å². The molecule has 2 aromatic rings. The maximum Gasteiger partial charge on any atom is 0.264 e. The molecule has 2 aromatic carbocycles. The van der Waals surface area contributed by atoms with E-state index in [4.69, 9.17) is 25.8 Å². The molecule has 0 aromatic heterocycles. The summed E-state index contributed by atoms with van der Waals surface area (Å²) in [5, 5.41) is 0.00444. The van der Waals surface area contributed by atoms with Crippen LogP contribution in [0.5, 0.6) is 5.75 Å². The number of rotatable bonds is 3. The summed E-state index contributed by atoms with van der Waals surface area (Å²) in [6.07, 6.45) is 9.92. The fourth-order valence-electron chi connectivity index (χ4n) is 8.57. The van der Waals surface area contributed by atoms with E-state index in [-0.39, 0.29) is 24.2 Å². The number of nitrogens with one attached hydrogen (secondary N) is 1. The first-order valence-electron chi connectivity index (χ1n) is 18.9. The highest BCUT2D eigenvalue weighted by Crippen LogP contribution is 2.46. The van der Waals surface area contributed by atoms with Gasteiger partial charge in [0, 0.05) is 35.6 Å². The lowest BCUT2D eigenvalue weighted by Crippen LogP contribution is -2.51. The van der Waals surface area contributed by atoms with Crippen LogP contribution in [0.25, 0.3) is 0 Å². The van der Waals surface area contributed by atoms with Crippen molar-refractivity contribution in [2.75, 3.05) is 38.3 Å². The number of nitrogens with zero attached hydrogens (tertiary/aromatic N) is 2. The van der Waals surface area contributed by atoms with Gasteiger partial charge in [-0.2, -0.15) is 0 Å². The largest absolute Gasteiger partial charge is 0.487 e. The van der Waals surface area contributed by atoms with Crippen LogP contribution in [0, 0.1) is 23.7 Å². The first-order chi connectivity index (χ1) is 24.1. The molecule has 0 radical (unpaired) electrons. The number of hydrogen-bond donors (Lipinski definition) is 1. The molecule has 3 aliphatic heterocycles. The minimum Gasteiger partial charge on any atom is -0.487 e. The summed E-state index contributed by atoms with van der Waals surface area (Å²) in [5.74, 6) is 1.07. The topological polar surface area (TPSA) is 97.4 Å². The van der Waals surface area contributed by atoms with Crippen molar-refractivity contribution in [3.63, 3.8) is 0 Å². The van der Waals surface area contributed by atoms with Crippen LogP contribution in [-0.2, 0) is 32.5 Å². The average molecular weight is 728 g/mol. The second-order valence-electron chi connectivity index (χ2n) is 15.6. The summed E-state index contributed by atoms with van der Waals surface area (Å²) < 4.78 is 49.1. The van der Waals surface area contributed by atoms with E-state index < -0.39 is 21.2 Å². The Morgan fingerprint density at radius 3 is 2.42 bits per heavy atom. The molecule has 11 heteroatoms. The molecule has 0 spiro atoms. The fraction of sp³-hybridized carbons (Fsp3) is 0.667. The van der Waals surface area contributed by atoms with E-state index >= 15 is 0 Å². The molecule has 5 atom stereocenters. The Bertz CT molecular complexity index is 1630. The van der Waals surface area contributed by atoms with E-state index in [0.29, 0.717) is 49.0 Å². The SMILES string of the molecule is C[C@@H]1[C@@H](C)CCC[C@H]([C@H]2OC[C@H](N(C)C3CC3)CO2)[C@@H]2CC[C@H]2CN2CCCCc3cc(Cl)ccc3COc3ccc(cc32)C(=O)NS1(=O)=O. The summed E-state index contributed by atoms with van der Waals surface area (Å²) in [7, 11) is -1.71. The molecule has 1 amide bonds. The van der Waals surface area contributed by atoms with Crippen LogP contribution in [0.3, 0.4) is 0 Å². The van der Waals surface area contributed by atoms with Crippen molar-refractivity contribution >= 4 is 33.2 Å². The zero-order chi connectivity index (χ0) is 35.0. The van der Waals surface area contributed by atoms with Gasteiger partial charge in [-0.1, -0.05) is 31.0 Å². The highest BCUT2D eigenvalue weighted by molar-refractivity contribution is 7.90. The van der Waals surface area contributed by atoms with Crippen molar-refractivity contribution in [2.45, 2.75) is 108 Å². The highest BCUT2D eigenvalue weighted by Gasteiger charge is 2.44. The number of hydrogen-bond acceptors (Lipinski definition) is 8. The Hall–Kier alpha value is -2.37. The molecule has 1 saturated heterocycles. The lowest BCUT2D eigenvalue weighted by Gasteiger charge is -2.48. The Kier molecular flexibility index (Phi) is 11.0. The normalized spacial score (nSPS) is 32.4. The minimum atomic E-state index is -3.90. The molecule has 274 valence electrons. The third-order valence-corrected chi connectivity index (χ3v) is 14.5. The molecule has 5 aliphatic rings. The van der Waals surface area contributed by atoms with Gasteiger partial charge < -0.3 is 19.1 Å². The lowest BCUT2D eigenvalue weighted by atomic mass is 9.65. The minimum absolute atomic E-state index is 0.120. The van der Waals surface area contributed by atoms with Crippen LogP contribution in [0.15, 0.2) is 36.4 Å². The van der Waals surface area contributed by atoms with E-state index in [1.54, 1.807) is 13.0 Å². The van der Waals surface area contributed by atoms with Crippen LogP contribution in [-0.4, -0.2) is 76.2 Å². The van der Waals surface area contributed by atoms with Crippen molar-refractivity contribution in [1.29, 1.82) is 0 Å². The lowest BCUT2D eigenvalue weighted by molar-refractivity contribution is -0.242. The number of halogens is 1. The Morgan fingerprint density at radius 2 is 1.68 bits per heavy atom. The van der Waals surface area contributed by atoms with Gasteiger partial charge in [0.05, 0.1) is 30.2 Å². The van der Waals surface area contributed by atoms with Gasteiger partial charge in [0.2, 0.25) is 10.0 Å². The van der Waals surface area contributed by atoms with Crippen LogP contribution >= 0.6 is 11.6 Å². The van der Waals surface area contributed by atoms with Gasteiger partial charge in [0.1, 0.15) is 12.4 Å². The molecular weight excluding hydrogens is 674 g/mol. The summed E-state index contributed by atoms with van der Waals surface area (Å²) >= 11 is 6.39. The van der Waals surface area contributed by atoms with Crippen molar-refractivity contribution < 1.29 is 27.4 Å². The van der Waals surface area contributed by atoms with Crippen molar-refractivity contribution in [2.24, 2.45) is 23.7 Å². The number of aryl methyl sites for hydroxylation is 1. The van der Waals surface area contributed by atoms with Crippen molar-refractivity contribution in [3.8, 4) is 5.75 Å². The highest BCUT2D eigenvalue weighted by atomic mass is 35.5. The Morgan fingerprint density at radius 1 is 0.880 bits per heavy atom. The van der Waals surface area contributed by atoms with E-state index in [1.165, 1.54) is 18.4 Å². The number of benzene rings is 2. The van der Waals surface area contributed by atoms with Crippen LogP contribution in [0.2, 0.25) is 5.02 Å². The van der Waals surface area contributed by atoms with E-state index in [0.717, 1.165) is 80.7 Å². The van der Waals surface area contributed by atoms with Gasteiger partial charge in [0.25, 0.3) is 5.91 Å². The molecule has 9 nitrogen and oxygen atoms in total. The van der Waals surface area contributed by atoms with Gasteiger partial charge in [-0.25, -0.2) is 13.1 Å². The zero-order valence-corrected chi connectivity index (χ0v) is 31.4. The predicted octanol–water partition coefficient (Wildman–Crippen LogP) is 6.81. The molecule has 50 heavy (non-hydrogen) atoms. The maximum absolute atomic E-state index is 13.5. The summed E-state index contributed by atoms with van der Waals surface area (Å²) in [5.41, 5.74) is 3.44. The number of likely N-dealkylation sites (N-methyl/N-ethyl adjacent to an activating group) is 1. The first kappa shape index (κ1) is 36.0. The average Bonchev–Trinajstić information content (AvgIpc) is 3.94. The van der Waals surface area contributed by atoms with Gasteiger partial charge >= 0.3 is 0 Å². The predicted molar refractivity (Wildman–Crippen MR) is 196 cm³/mol. The zero-order valence-electron chi connectivity index (χ0n) is 29.8. The van der Waals surface area contributed by atoms with Crippen molar-refractivity contribution in [3.05, 3.63) is 58.1 Å². The number of sulfonamides is 1. The fourth-order valence-corrected chi connectivity index (χ4v) is 10.1. The standard InChI is InChI=1S/C39H54ClN3O6S/c1-25-7-6-9-35(39-48-23-33(24-49-39)42(3)32-14-15-32)34-16-11-29(34)21-43-18-5-4-8-27-19-31(40)13-10-30(27)22-47-37-17-12-28(20-36(37)43)38(44)41-50(45,46)26(25)2/h10,12-13,17,19-20,25-26,29,32-35,39H,4-9,11,14-16,18,21-24H2,1-3H3,(H,41,44)/t25-,26+,29-,33-,34+,35-,39-/m0/s1. The molecule has 0 unspecified atom stereocenters. The van der Waals surface area contributed by atoms with Gasteiger partial charge in [-0.05, 0) is 131 Å². The molecule has 3 fully saturated rings. The monoisotopic (exact) mass is 727 g/mol. The molecule has 2 bridgehead atoms. The third-order valence-electron chi connectivity index (χ3n) is 12.4. The molecule has 2 saturated carbocycles. The van der Waals surface area contributed by atoms with Gasteiger partial charge in [-0.3, -0.25) is 9.69 Å². The van der Waals surface area contributed by atoms with Crippen LogP contribution in [0.1, 0.15) is 93.1 Å². The van der Waals surface area contributed by atoms with E-state index in [1.807, 2.05) is 37.3 Å². The smallest absolute Gasteiger partial charge is 0.264 e. The number of anilines is 1. The number of carbonyl (C=O) groups excluding carboxylic acids is 1. The number of fused-ring (bicyclic) bond motifs is 3. The summed E-state index contributed by atoms with van der Waals surface area (Å²) in [6, 6.07) is 12.3. The van der Waals surface area contributed by atoms with Crippen molar-refractivity contribution in [1.82, 2.24) is 9.62 Å². The third kappa shape index (κ3) is 7.99. The number of ether oxygens (including phenoxy) is 3. The summed E-state index contributed by atoms with van der Waals surface area (Å²) in [6.45, 7) is 7.06. The number of carbonyl (C=O) groups is 1. The molecule has 7 rings (SSSR count). The Balaban J connectivity index is 1.20. The number of amides is 1. The molecule has 2 aliphatic carbocycles. The van der Waals surface area contributed by atoms with Crippen LogP contribution < -0.4 is 14.4 Å². The van der Waals surface area contributed by atoms with Gasteiger partial charge in [-0.15, -0.1) is 0 Å². The second-order valence-corrected chi connectivity index (χ2v) is 18.1. The van der Waals surface area contributed by atoms with E-state index in [2.05, 4.69) is 21.6 Å². The van der Waals surface area contributed by atoms with Gasteiger partial charge in [0.15, 0.2) is 6.29 Å². The quantitative estimate of drug-likeness (QED) is 0.369. The maximum atomic E-state index is 13.5. The Labute approximate surface area is 303 Å². The van der Waals surface area contributed by atoms with Crippen LogP contribution in [0.4, 0.5) is 5.69 Å². The molecule has 1 N–H and O–H groups in total. The molecule has 3 heterocycles.